The van der Waals surface area contributed by atoms with E-state index in [1.54, 1.807) is 17.0 Å². The number of hydrogen-bond acceptors (Lipinski definition) is 4. The minimum atomic E-state index is -0.234. The van der Waals surface area contributed by atoms with Crippen LogP contribution in [-0.4, -0.2) is 47.1 Å². The average molecular weight is 314 g/mol. The molecule has 5 nitrogen and oxygen atoms in total. The zero-order valence-corrected chi connectivity index (χ0v) is 13.5. The maximum Gasteiger partial charge on any atom is 0.274 e. The number of pyridine rings is 1. The molecule has 0 radical (unpaired) electrons. The molecule has 0 saturated carbocycles. The monoisotopic (exact) mass is 313 g/mol. The first kappa shape index (κ1) is 17.7. The van der Waals surface area contributed by atoms with Gasteiger partial charge in [0.2, 0.25) is 0 Å². The lowest BCUT2D eigenvalue weighted by molar-refractivity contribution is 0.0714. The summed E-state index contributed by atoms with van der Waals surface area (Å²) in [5.41, 5.74) is 0.238. The van der Waals surface area contributed by atoms with E-state index in [0.717, 1.165) is 25.8 Å². The lowest BCUT2D eigenvalue weighted by Crippen LogP contribution is -2.35. The van der Waals surface area contributed by atoms with Gasteiger partial charge in [-0.15, -0.1) is 0 Å². The van der Waals surface area contributed by atoms with Gasteiger partial charge in [0.1, 0.15) is 11.5 Å². The Balaban J connectivity index is 2.91. The molecule has 2 N–H and O–H groups in total. The van der Waals surface area contributed by atoms with Gasteiger partial charge >= 0.3 is 0 Å². The Kier molecular flexibility index (Phi) is 8.08. The molecule has 0 saturated heterocycles. The quantitative estimate of drug-likeness (QED) is 0.736. The SMILES string of the molecule is CCCCN(CCO)C(=O)c1nc(NCCC)ccc1Cl. The number of hydrogen-bond donors (Lipinski definition) is 2. The summed E-state index contributed by atoms with van der Waals surface area (Å²) in [4.78, 5) is 18.4. The second-order valence-electron chi connectivity index (χ2n) is 4.82. The van der Waals surface area contributed by atoms with Crippen LogP contribution in [0.4, 0.5) is 5.82 Å². The highest BCUT2D eigenvalue weighted by atomic mass is 35.5. The van der Waals surface area contributed by atoms with Crippen molar-refractivity contribution < 1.29 is 9.90 Å². The number of rotatable bonds is 9. The summed E-state index contributed by atoms with van der Waals surface area (Å²) in [6.45, 7) is 5.73. The predicted octanol–water partition coefficient (Wildman–Crippen LogP) is 2.79. The van der Waals surface area contributed by atoms with Crippen LogP contribution < -0.4 is 5.32 Å². The van der Waals surface area contributed by atoms with Gasteiger partial charge in [0, 0.05) is 19.6 Å². The van der Waals surface area contributed by atoms with Gasteiger partial charge in [-0.25, -0.2) is 4.98 Å². The van der Waals surface area contributed by atoms with Gasteiger partial charge in [-0.2, -0.15) is 0 Å². The molecule has 0 aliphatic carbocycles. The topological polar surface area (TPSA) is 65.5 Å². The molecule has 1 aromatic rings. The van der Waals surface area contributed by atoms with E-state index in [0.29, 0.717) is 23.9 Å². The number of anilines is 1. The summed E-state index contributed by atoms with van der Waals surface area (Å²) < 4.78 is 0. The second-order valence-corrected chi connectivity index (χ2v) is 5.23. The van der Waals surface area contributed by atoms with Crippen molar-refractivity contribution in [3.63, 3.8) is 0 Å². The number of aliphatic hydroxyl groups excluding tert-OH is 1. The third-order valence-electron chi connectivity index (χ3n) is 3.04. The van der Waals surface area contributed by atoms with E-state index >= 15 is 0 Å². The molecule has 0 bridgehead atoms. The molecule has 1 rings (SSSR count). The molecule has 0 unspecified atom stereocenters. The Morgan fingerprint density at radius 1 is 1.33 bits per heavy atom. The van der Waals surface area contributed by atoms with Gasteiger partial charge < -0.3 is 15.3 Å². The highest BCUT2D eigenvalue weighted by molar-refractivity contribution is 6.33. The van der Waals surface area contributed by atoms with Crippen LogP contribution >= 0.6 is 11.6 Å². The van der Waals surface area contributed by atoms with Crippen molar-refractivity contribution >= 4 is 23.3 Å². The molecule has 0 aliphatic rings. The van der Waals surface area contributed by atoms with Crippen LogP contribution in [0.15, 0.2) is 12.1 Å². The van der Waals surface area contributed by atoms with Crippen molar-refractivity contribution in [2.45, 2.75) is 33.1 Å². The first-order chi connectivity index (χ1) is 10.1. The molecule has 0 atom stereocenters. The van der Waals surface area contributed by atoms with E-state index in [-0.39, 0.29) is 18.2 Å². The zero-order chi connectivity index (χ0) is 15.7. The zero-order valence-electron chi connectivity index (χ0n) is 12.7. The normalized spacial score (nSPS) is 10.5. The molecule has 1 amide bonds. The van der Waals surface area contributed by atoms with Gasteiger partial charge in [-0.3, -0.25) is 4.79 Å². The van der Waals surface area contributed by atoms with Gasteiger partial charge in [0.25, 0.3) is 5.91 Å². The second kappa shape index (κ2) is 9.58. The maximum atomic E-state index is 12.5. The van der Waals surface area contributed by atoms with E-state index in [2.05, 4.69) is 24.1 Å². The number of carbonyl (C=O) groups is 1. The molecule has 0 aromatic carbocycles. The molecule has 0 aliphatic heterocycles. The molecular weight excluding hydrogens is 290 g/mol. The van der Waals surface area contributed by atoms with Crippen LogP contribution in [0.2, 0.25) is 5.02 Å². The Bertz CT molecular complexity index is 455. The number of aliphatic hydroxyl groups is 1. The fraction of sp³-hybridized carbons (Fsp3) is 0.600. The molecule has 21 heavy (non-hydrogen) atoms. The summed E-state index contributed by atoms with van der Waals surface area (Å²) in [6, 6.07) is 3.44. The predicted molar refractivity (Wildman–Crippen MR) is 85.9 cm³/mol. The Hall–Kier alpha value is -1.33. The lowest BCUT2D eigenvalue weighted by atomic mass is 10.2. The molecule has 0 spiro atoms. The Morgan fingerprint density at radius 2 is 2.10 bits per heavy atom. The number of amides is 1. The highest BCUT2D eigenvalue weighted by Crippen LogP contribution is 2.19. The summed E-state index contributed by atoms with van der Waals surface area (Å²) >= 11 is 6.10. The van der Waals surface area contributed by atoms with Crippen LogP contribution in [0.3, 0.4) is 0 Å². The minimum absolute atomic E-state index is 0.0686. The van der Waals surface area contributed by atoms with Gasteiger partial charge in [-0.1, -0.05) is 31.9 Å². The average Bonchev–Trinajstić information content (AvgIpc) is 2.50. The van der Waals surface area contributed by atoms with Gasteiger partial charge in [0.05, 0.1) is 11.6 Å². The third-order valence-corrected chi connectivity index (χ3v) is 3.35. The standard InChI is InChI=1S/C15H24ClN3O2/c1-3-5-9-19(10-11-20)15(21)14-12(16)6-7-13(18-14)17-8-4-2/h6-7,20H,3-5,8-11H2,1-2H3,(H,17,18). The first-order valence-corrected chi connectivity index (χ1v) is 7.82. The lowest BCUT2D eigenvalue weighted by Gasteiger charge is -2.21. The smallest absolute Gasteiger partial charge is 0.274 e. The minimum Gasteiger partial charge on any atom is -0.395 e. The summed E-state index contributed by atoms with van der Waals surface area (Å²) in [6.07, 6.45) is 2.84. The van der Waals surface area contributed by atoms with Crippen molar-refractivity contribution in [2.75, 3.05) is 31.6 Å². The third kappa shape index (κ3) is 5.52. The van der Waals surface area contributed by atoms with Crippen LogP contribution in [0.25, 0.3) is 0 Å². The van der Waals surface area contributed by atoms with E-state index < -0.39 is 0 Å². The summed E-state index contributed by atoms with van der Waals surface area (Å²) in [5.74, 6) is 0.409. The van der Waals surface area contributed by atoms with Gasteiger partial charge in [-0.05, 0) is 25.0 Å². The largest absolute Gasteiger partial charge is 0.395 e. The number of unbranched alkanes of at least 4 members (excludes halogenated alkanes) is 1. The van der Waals surface area contributed by atoms with E-state index in [9.17, 15) is 4.79 Å². The highest BCUT2D eigenvalue weighted by Gasteiger charge is 2.19. The maximum absolute atomic E-state index is 12.5. The summed E-state index contributed by atoms with van der Waals surface area (Å²) in [7, 11) is 0. The van der Waals surface area contributed by atoms with Crippen LogP contribution in [0, 0.1) is 0 Å². The van der Waals surface area contributed by atoms with Crippen molar-refractivity contribution in [3.8, 4) is 0 Å². The van der Waals surface area contributed by atoms with Crippen molar-refractivity contribution in [3.05, 3.63) is 22.8 Å². The molecule has 1 aromatic heterocycles. The van der Waals surface area contributed by atoms with Gasteiger partial charge in [0.15, 0.2) is 0 Å². The summed E-state index contributed by atoms with van der Waals surface area (Å²) in [5, 5.41) is 12.6. The number of halogens is 1. The Labute approximate surface area is 131 Å². The van der Waals surface area contributed by atoms with E-state index in [1.165, 1.54) is 0 Å². The number of nitrogens with one attached hydrogen (secondary N) is 1. The van der Waals surface area contributed by atoms with Crippen molar-refractivity contribution in [2.24, 2.45) is 0 Å². The van der Waals surface area contributed by atoms with E-state index in [1.807, 2.05) is 0 Å². The fourth-order valence-corrected chi connectivity index (χ4v) is 2.06. The fourth-order valence-electron chi connectivity index (χ4n) is 1.88. The molecule has 6 heteroatoms. The molecule has 118 valence electrons. The van der Waals surface area contributed by atoms with Crippen LogP contribution in [0.1, 0.15) is 43.6 Å². The molecular formula is C15H24ClN3O2. The first-order valence-electron chi connectivity index (χ1n) is 7.44. The molecule has 0 fully saturated rings. The van der Waals surface area contributed by atoms with Crippen molar-refractivity contribution in [1.82, 2.24) is 9.88 Å². The van der Waals surface area contributed by atoms with Crippen LogP contribution in [0.5, 0.6) is 0 Å². The number of aromatic nitrogens is 1. The van der Waals surface area contributed by atoms with E-state index in [4.69, 9.17) is 16.7 Å². The van der Waals surface area contributed by atoms with Crippen molar-refractivity contribution in [1.29, 1.82) is 0 Å². The van der Waals surface area contributed by atoms with Crippen LogP contribution in [-0.2, 0) is 0 Å². The number of nitrogens with zero attached hydrogens (tertiary/aromatic N) is 2. The Morgan fingerprint density at radius 3 is 2.71 bits per heavy atom. The molecule has 1 heterocycles. The number of carbonyl (C=O) groups excluding carboxylic acids is 1.